The second-order valence-corrected chi connectivity index (χ2v) is 9.19. The van der Waals surface area contributed by atoms with Crippen LogP contribution in [0.5, 0.6) is 0 Å². The average molecular weight is 386 g/mol. The predicted molar refractivity (Wildman–Crippen MR) is 90.5 cm³/mol. The Balaban J connectivity index is 2.37. The summed E-state index contributed by atoms with van der Waals surface area (Å²) in [5.41, 5.74) is 0. The first-order valence-electron chi connectivity index (χ1n) is 6.55. The molecule has 0 radical (unpaired) electrons. The van der Waals surface area contributed by atoms with Crippen molar-refractivity contribution in [2.24, 2.45) is 0 Å². The van der Waals surface area contributed by atoms with Gasteiger partial charge in [-0.15, -0.1) is 0 Å². The molecule has 1 heterocycles. The van der Waals surface area contributed by atoms with Gasteiger partial charge in [-0.05, 0) is 0 Å². The topological polar surface area (TPSA) is 0 Å². The van der Waals surface area contributed by atoms with E-state index in [1.54, 1.807) is 8.52 Å². The summed E-state index contributed by atoms with van der Waals surface area (Å²) in [7, 11) is 0. The zero-order chi connectivity index (χ0) is 13.4. The van der Waals surface area contributed by atoms with Gasteiger partial charge in [-0.2, -0.15) is 0 Å². The van der Waals surface area contributed by atoms with E-state index in [0.29, 0.717) is 29.0 Å². The van der Waals surface area contributed by atoms with Crippen LogP contribution >= 0.6 is 0 Å². The van der Waals surface area contributed by atoms with Gasteiger partial charge in [0.15, 0.2) is 0 Å². The molecule has 96 valence electrons. The molecule has 0 spiro atoms. The molecule has 0 bridgehead atoms. The Bertz CT molecular complexity index is 879. The van der Waals surface area contributed by atoms with E-state index in [0.717, 1.165) is 0 Å². The summed E-state index contributed by atoms with van der Waals surface area (Å²) in [6.45, 7) is 0. The summed E-state index contributed by atoms with van der Waals surface area (Å²) in [5.74, 6) is 0. The van der Waals surface area contributed by atoms with Crippen LogP contribution in [0.2, 0.25) is 0 Å². The molecule has 0 aliphatic heterocycles. The van der Waals surface area contributed by atoms with E-state index in [1.807, 2.05) is 0 Å². The van der Waals surface area contributed by atoms with Crippen molar-refractivity contribution in [2.75, 3.05) is 0 Å². The molecular formula is C18H12Se2. The van der Waals surface area contributed by atoms with Crippen LogP contribution in [-0.2, 0) is 0 Å². The number of hydrogen-bond acceptors (Lipinski definition) is 0. The van der Waals surface area contributed by atoms with Crippen LogP contribution in [0, 0.1) is 0 Å². The standard InChI is InChI=1S/C18H12Se2/c1-3-9-15-13(7-1)14-8-2-4-10-16(14)20-18-12-6-5-11-17(18)19-15/h1-12H. The second-order valence-electron chi connectivity index (χ2n) is 4.64. The van der Waals surface area contributed by atoms with Crippen molar-refractivity contribution in [2.45, 2.75) is 0 Å². The van der Waals surface area contributed by atoms with Gasteiger partial charge in [0.2, 0.25) is 0 Å². The van der Waals surface area contributed by atoms with Crippen LogP contribution in [-0.4, -0.2) is 29.0 Å². The van der Waals surface area contributed by atoms with Crippen molar-refractivity contribution in [3.05, 3.63) is 72.8 Å². The molecule has 0 saturated heterocycles. The van der Waals surface area contributed by atoms with Crippen LogP contribution in [0.15, 0.2) is 72.8 Å². The third-order valence-corrected chi connectivity index (χ3v) is 8.84. The quantitative estimate of drug-likeness (QED) is 0.394. The van der Waals surface area contributed by atoms with Crippen molar-refractivity contribution in [3.8, 4) is 0 Å². The number of fused-ring (bicyclic) bond motifs is 4. The van der Waals surface area contributed by atoms with E-state index in [4.69, 9.17) is 0 Å². The van der Waals surface area contributed by atoms with Gasteiger partial charge in [0.25, 0.3) is 0 Å². The van der Waals surface area contributed by atoms with Gasteiger partial charge in [0.1, 0.15) is 0 Å². The molecule has 0 nitrogen and oxygen atoms in total. The second kappa shape index (κ2) is 5.24. The van der Waals surface area contributed by atoms with Gasteiger partial charge in [-0.3, -0.25) is 0 Å². The molecule has 0 unspecified atom stereocenters. The summed E-state index contributed by atoms with van der Waals surface area (Å²) in [5, 5.41) is 2.86. The Kier molecular flexibility index (Phi) is 3.26. The van der Waals surface area contributed by atoms with E-state index in [-0.39, 0.29) is 0 Å². The third kappa shape index (κ3) is 2.16. The number of rotatable bonds is 0. The first kappa shape index (κ1) is 12.4. The molecule has 3 aromatic carbocycles. The van der Waals surface area contributed by atoms with Gasteiger partial charge >= 0.3 is 130 Å². The Morgan fingerprint density at radius 2 is 0.750 bits per heavy atom. The van der Waals surface area contributed by atoms with Crippen molar-refractivity contribution in [1.29, 1.82) is 0 Å². The zero-order valence-corrected chi connectivity index (χ0v) is 14.2. The molecule has 1 aromatic heterocycles. The van der Waals surface area contributed by atoms with Gasteiger partial charge < -0.3 is 0 Å². The fourth-order valence-electron chi connectivity index (χ4n) is 2.41. The summed E-state index contributed by atoms with van der Waals surface area (Å²) >= 11 is 0.810. The molecule has 4 rings (SSSR count). The molecule has 0 amide bonds. The molecule has 4 aromatic rings. The molecule has 0 saturated carbocycles. The summed E-state index contributed by atoms with van der Waals surface area (Å²) < 4.78 is 6.08. The normalized spacial score (nSPS) is 11.0. The van der Waals surface area contributed by atoms with Crippen LogP contribution in [0.1, 0.15) is 0 Å². The van der Waals surface area contributed by atoms with Crippen LogP contribution < -0.4 is 0 Å². The molecule has 0 aliphatic carbocycles. The maximum absolute atomic E-state index is 2.31. The summed E-state index contributed by atoms with van der Waals surface area (Å²) in [4.78, 5) is 0. The van der Waals surface area contributed by atoms with Crippen molar-refractivity contribution >= 4 is 56.8 Å². The molecular weight excluding hydrogens is 374 g/mol. The van der Waals surface area contributed by atoms with Gasteiger partial charge in [-0.1, -0.05) is 0 Å². The van der Waals surface area contributed by atoms with Gasteiger partial charge in [0.05, 0.1) is 0 Å². The summed E-state index contributed by atoms with van der Waals surface area (Å²) in [6, 6.07) is 26.8. The summed E-state index contributed by atoms with van der Waals surface area (Å²) in [6.07, 6.45) is 0. The fourth-order valence-corrected chi connectivity index (χ4v) is 7.46. The monoisotopic (exact) mass is 388 g/mol. The first-order chi connectivity index (χ1) is 9.92. The Morgan fingerprint density at radius 1 is 0.400 bits per heavy atom. The Morgan fingerprint density at radius 3 is 1.20 bits per heavy atom. The molecule has 0 atom stereocenters. The Labute approximate surface area is 129 Å². The van der Waals surface area contributed by atoms with Gasteiger partial charge in [-0.25, -0.2) is 0 Å². The van der Waals surface area contributed by atoms with Crippen LogP contribution in [0.4, 0.5) is 0 Å². The van der Waals surface area contributed by atoms with Crippen molar-refractivity contribution < 1.29 is 0 Å². The first-order valence-corrected chi connectivity index (χ1v) is 9.97. The van der Waals surface area contributed by atoms with E-state index < -0.39 is 0 Å². The molecule has 20 heavy (non-hydrogen) atoms. The van der Waals surface area contributed by atoms with E-state index in [1.165, 1.54) is 19.3 Å². The van der Waals surface area contributed by atoms with E-state index >= 15 is 0 Å². The van der Waals surface area contributed by atoms with Crippen LogP contribution in [0.25, 0.3) is 27.8 Å². The van der Waals surface area contributed by atoms with Crippen molar-refractivity contribution in [1.82, 2.24) is 0 Å². The molecule has 0 N–H and O–H groups in total. The fraction of sp³-hybridized carbons (Fsp3) is 0. The predicted octanol–water partition coefficient (Wildman–Crippen LogP) is 4.38. The van der Waals surface area contributed by atoms with E-state index in [2.05, 4.69) is 72.8 Å². The number of benzene rings is 3. The number of hydrogen-bond donors (Lipinski definition) is 0. The van der Waals surface area contributed by atoms with Crippen molar-refractivity contribution in [3.63, 3.8) is 0 Å². The zero-order valence-electron chi connectivity index (χ0n) is 10.7. The van der Waals surface area contributed by atoms with E-state index in [9.17, 15) is 0 Å². The Hall–Kier alpha value is -1.30. The van der Waals surface area contributed by atoms with Crippen LogP contribution in [0.3, 0.4) is 0 Å². The molecule has 0 fully saturated rings. The molecule has 2 heteroatoms. The third-order valence-electron chi connectivity index (χ3n) is 3.35. The SMILES string of the molecule is c1ccc2[se]c3ccccc3c3ccccc3[se]c2c1. The average Bonchev–Trinajstić information content (AvgIpc) is 2.48. The minimum atomic E-state index is 0.405. The maximum atomic E-state index is 2.31. The minimum absolute atomic E-state index is 0.405. The van der Waals surface area contributed by atoms with Gasteiger partial charge in [0, 0.05) is 0 Å². The molecule has 0 aliphatic rings.